The van der Waals surface area contributed by atoms with Gasteiger partial charge in [-0.3, -0.25) is 13.7 Å². The standard InChI is InChI=1S/C30H26N8O9S3/c31-28-24(37-35-20-11-13-22(25(15-20)48(39,40)41)33-18-7-3-1-4-8-18)17-27(50(45,46)47)29(32)30(28)38-36-21-12-14-23(26(16-21)49(42,43)44)34-19-9-5-2-6-10-19/h1-17,33-34H,31-32H2,(H,39,40,41)(H,42,43,44)(H,45,46,47)/b37-35+,38-36+. The monoisotopic (exact) mass is 738 g/mol. The molecule has 0 radical (unpaired) electrons. The summed E-state index contributed by atoms with van der Waals surface area (Å²) >= 11 is 0. The summed E-state index contributed by atoms with van der Waals surface area (Å²) in [5.74, 6) is 0. The summed E-state index contributed by atoms with van der Waals surface area (Å²) in [6.07, 6.45) is 0. The van der Waals surface area contributed by atoms with Gasteiger partial charge in [0.15, 0.2) is 0 Å². The van der Waals surface area contributed by atoms with Crippen molar-refractivity contribution in [2.24, 2.45) is 20.5 Å². The van der Waals surface area contributed by atoms with Gasteiger partial charge in [-0.2, -0.15) is 35.5 Å². The average molecular weight is 739 g/mol. The number of hydrogen-bond acceptors (Lipinski definition) is 14. The summed E-state index contributed by atoms with van der Waals surface area (Å²) in [5.41, 5.74) is 11.0. The van der Waals surface area contributed by atoms with Crippen LogP contribution >= 0.6 is 0 Å². The second kappa shape index (κ2) is 14.0. The fraction of sp³-hybridized carbons (Fsp3) is 0. The maximum absolute atomic E-state index is 12.2. The zero-order valence-corrected chi connectivity index (χ0v) is 27.7. The van der Waals surface area contributed by atoms with Gasteiger partial charge >= 0.3 is 0 Å². The molecule has 0 fully saturated rings. The third-order valence-corrected chi connectivity index (χ3v) is 9.41. The molecule has 0 bridgehead atoms. The molecule has 0 saturated carbocycles. The van der Waals surface area contributed by atoms with E-state index in [2.05, 4.69) is 31.1 Å². The van der Waals surface area contributed by atoms with Gasteiger partial charge in [0.25, 0.3) is 30.4 Å². The Kier molecular flexibility index (Phi) is 9.94. The maximum Gasteiger partial charge on any atom is 0.296 e. The molecule has 0 amide bonds. The number of nitrogens with two attached hydrogens (primary N) is 2. The summed E-state index contributed by atoms with van der Waals surface area (Å²) in [4.78, 5) is -1.99. The van der Waals surface area contributed by atoms with E-state index >= 15 is 0 Å². The van der Waals surface area contributed by atoms with Crippen molar-refractivity contribution in [2.45, 2.75) is 14.7 Å². The molecule has 9 N–H and O–H groups in total. The lowest BCUT2D eigenvalue weighted by atomic mass is 10.2. The first-order valence-electron chi connectivity index (χ1n) is 13.9. The number of rotatable bonds is 11. The van der Waals surface area contributed by atoms with E-state index in [9.17, 15) is 38.9 Å². The van der Waals surface area contributed by atoms with E-state index in [1.165, 1.54) is 24.3 Å². The van der Waals surface area contributed by atoms with E-state index < -0.39 is 67.8 Å². The smallest absolute Gasteiger partial charge is 0.296 e. The molecule has 17 nitrogen and oxygen atoms in total. The van der Waals surface area contributed by atoms with Crippen molar-refractivity contribution < 1.29 is 38.9 Å². The molecule has 5 rings (SSSR count). The van der Waals surface area contributed by atoms with Crippen LogP contribution in [-0.4, -0.2) is 38.9 Å². The predicted octanol–water partition coefficient (Wildman–Crippen LogP) is 6.91. The molecule has 258 valence electrons. The molecule has 50 heavy (non-hydrogen) atoms. The fourth-order valence-electron chi connectivity index (χ4n) is 4.42. The minimum Gasteiger partial charge on any atom is -0.396 e. The first kappa shape index (κ1) is 35.5. The molecule has 0 aliphatic heterocycles. The fourth-order valence-corrected chi connectivity index (χ4v) is 6.39. The Morgan fingerprint density at radius 1 is 0.480 bits per heavy atom. The zero-order valence-electron chi connectivity index (χ0n) is 25.3. The van der Waals surface area contributed by atoms with Gasteiger partial charge in [0.05, 0.1) is 34.1 Å². The molecular weight excluding hydrogens is 713 g/mol. The molecule has 0 unspecified atom stereocenters. The summed E-state index contributed by atoms with van der Waals surface area (Å²) in [6.45, 7) is 0. The van der Waals surface area contributed by atoms with Crippen molar-refractivity contribution >= 4 is 87.2 Å². The van der Waals surface area contributed by atoms with E-state index in [0.717, 1.165) is 18.2 Å². The van der Waals surface area contributed by atoms with Crippen molar-refractivity contribution in [1.82, 2.24) is 0 Å². The van der Waals surface area contributed by atoms with Gasteiger partial charge in [-0.25, -0.2) is 0 Å². The van der Waals surface area contributed by atoms with Crippen molar-refractivity contribution in [3.63, 3.8) is 0 Å². The Morgan fingerprint density at radius 2 is 0.900 bits per heavy atom. The third-order valence-electron chi connectivity index (χ3n) is 6.73. The molecule has 0 heterocycles. The normalized spacial score (nSPS) is 12.4. The molecule has 5 aromatic carbocycles. The number of hydrogen-bond donors (Lipinski definition) is 7. The number of benzene rings is 5. The van der Waals surface area contributed by atoms with Gasteiger partial charge in [0.2, 0.25) is 0 Å². The molecule has 0 atom stereocenters. The average Bonchev–Trinajstić information content (AvgIpc) is 3.05. The Balaban J connectivity index is 1.53. The largest absolute Gasteiger partial charge is 0.396 e. The van der Waals surface area contributed by atoms with Crippen LogP contribution in [0.2, 0.25) is 0 Å². The molecule has 0 spiro atoms. The molecular formula is C30H26N8O9S3. The van der Waals surface area contributed by atoms with Gasteiger partial charge < -0.3 is 22.1 Å². The Labute approximate surface area is 285 Å². The zero-order chi connectivity index (χ0) is 36.3. The van der Waals surface area contributed by atoms with Crippen LogP contribution in [0.4, 0.5) is 56.9 Å². The molecule has 5 aromatic rings. The Bertz CT molecular complexity index is 2480. The number of anilines is 6. The van der Waals surface area contributed by atoms with Gasteiger partial charge in [-0.1, -0.05) is 36.4 Å². The summed E-state index contributed by atoms with van der Waals surface area (Å²) in [7, 11) is -14.6. The van der Waals surface area contributed by atoms with Crippen molar-refractivity contribution in [1.29, 1.82) is 0 Å². The van der Waals surface area contributed by atoms with E-state index in [0.29, 0.717) is 11.4 Å². The van der Waals surface area contributed by atoms with Crippen LogP contribution in [0.1, 0.15) is 0 Å². The van der Waals surface area contributed by atoms with Crippen LogP contribution in [-0.2, 0) is 30.4 Å². The number of nitrogen functional groups attached to an aromatic ring is 2. The van der Waals surface area contributed by atoms with Crippen LogP contribution in [0.5, 0.6) is 0 Å². The topological polar surface area (TPSA) is 289 Å². The van der Waals surface area contributed by atoms with E-state index in [1.54, 1.807) is 60.7 Å². The first-order valence-corrected chi connectivity index (χ1v) is 18.2. The van der Waals surface area contributed by atoms with E-state index in [-0.39, 0.29) is 22.7 Å². The van der Waals surface area contributed by atoms with Crippen LogP contribution < -0.4 is 22.1 Å². The lowest BCUT2D eigenvalue weighted by molar-refractivity contribution is 0.481. The van der Waals surface area contributed by atoms with Gasteiger partial charge in [-0.05, 0) is 66.7 Å². The highest BCUT2D eigenvalue weighted by atomic mass is 32.2. The highest BCUT2D eigenvalue weighted by Gasteiger charge is 2.23. The van der Waals surface area contributed by atoms with Crippen molar-refractivity contribution in [3.8, 4) is 0 Å². The Morgan fingerprint density at radius 3 is 1.32 bits per heavy atom. The molecule has 0 aromatic heterocycles. The molecule has 0 aliphatic carbocycles. The lowest BCUT2D eigenvalue weighted by Crippen LogP contribution is -2.05. The van der Waals surface area contributed by atoms with Gasteiger partial charge in [0, 0.05) is 11.4 Å². The number of nitrogens with one attached hydrogen (secondary N) is 2. The molecule has 0 saturated heterocycles. The highest BCUT2D eigenvalue weighted by molar-refractivity contribution is 7.86. The summed E-state index contributed by atoms with van der Waals surface area (Å²) in [6, 6.07) is 25.0. The van der Waals surface area contributed by atoms with Crippen LogP contribution in [0.3, 0.4) is 0 Å². The quantitative estimate of drug-likeness (QED) is 0.0412. The number of para-hydroxylation sites is 2. The SMILES string of the molecule is Nc1c(/N=N/c2ccc(Nc3ccccc3)c(S(=O)(=O)O)c2)cc(S(=O)(=O)O)c(N)c1/N=N/c1ccc(Nc2ccccc2)c(S(=O)(=O)O)c1. The predicted molar refractivity (Wildman–Crippen MR) is 185 cm³/mol. The van der Waals surface area contributed by atoms with Gasteiger partial charge in [0.1, 0.15) is 26.1 Å². The van der Waals surface area contributed by atoms with Gasteiger partial charge in [-0.15, -0.1) is 10.2 Å². The van der Waals surface area contributed by atoms with Crippen molar-refractivity contribution in [3.05, 3.63) is 103 Å². The van der Waals surface area contributed by atoms with Crippen molar-refractivity contribution in [2.75, 3.05) is 22.1 Å². The van der Waals surface area contributed by atoms with Crippen LogP contribution in [0.15, 0.2) is 138 Å². The van der Waals surface area contributed by atoms with E-state index in [1.807, 2.05) is 0 Å². The minimum atomic E-state index is -5.01. The molecule has 20 heteroatoms. The highest BCUT2D eigenvalue weighted by Crippen LogP contribution is 2.43. The van der Waals surface area contributed by atoms with Crippen LogP contribution in [0.25, 0.3) is 0 Å². The van der Waals surface area contributed by atoms with E-state index in [4.69, 9.17) is 11.5 Å². The maximum atomic E-state index is 12.2. The summed E-state index contributed by atoms with van der Waals surface area (Å²) < 4.78 is 103. The summed E-state index contributed by atoms with van der Waals surface area (Å²) in [5, 5.41) is 21.3. The molecule has 0 aliphatic rings. The second-order valence-corrected chi connectivity index (χ2v) is 14.4. The number of azo groups is 2. The van der Waals surface area contributed by atoms with Crippen LogP contribution in [0, 0.1) is 0 Å². The Hall–Kier alpha value is -5.77. The first-order chi connectivity index (χ1) is 23.5. The second-order valence-electron chi connectivity index (χ2n) is 10.2. The lowest BCUT2D eigenvalue weighted by Gasteiger charge is -2.12. The minimum absolute atomic E-state index is 0.00813. The third kappa shape index (κ3) is 8.44. The number of nitrogens with zero attached hydrogens (tertiary/aromatic N) is 4.